The quantitative estimate of drug-likeness (QED) is 0.762. The van der Waals surface area contributed by atoms with Gasteiger partial charge in [-0.05, 0) is 56.4 Å². The van der Waals surface area contributed by atoms with Gasteiger partial charge in [-0.25, -0.2) is 0 Å². The summed E-state index contributed by atoms with van der Waals surface area (Å²) in [4.78, 5) is 24.3. The first-order valence-electron chi connectivity index (χ1n) is 9.69. The van der Waals surface area contributed by atoms with Crippen molar-refractivity contribution in [1.29, 1.82) is 0 Å². The average molecular weight is 384 g/mol. The molecule has 2 amide bonds. The highest BCUT2D eigenvalue weighted by atomic mass is 16.5. The number of hydrogen-bond donors (Lipinski definition) is 2. The number of carbonyl (C=O) groups is 2. The SMILES string of the molecule is Cc1cc(C)n(Cc2cccc(C(=O)NC(CC(N)=O)C3CCOCC3)c2)n1. The largest absolute Gasteiger partial charge is 0.381 e. The Morgan fingerprint density at radius 1 is 1.29 bits per heavy atom. The number of nitrogens with one attached hydrogen (secondary N) is 1. The molecule has 1 unspecified atom stereocenters. The lowest BCUT2D eigenvalue weighted by molar-refractivity contribution is -0.118. The van der Waals surface area contributed by atoms with Crippen molar-refractivity contribution in [2.75, 3.05) is 13.2 Å². The van der Waals surface area contributed by atoms with E-state index in [1.807, 2.05) is 42.8 Å². The number of nitrogens with zero attached hydrogens (tertiary/aromatic N) is 2. The molecule has 0 aliphatic carbocycles. The minimum atomic E-state index is -0.407. The van der Waals surface area contributed by atoms with E-state index in [0.29, 0.717) is 25.3 Å². The minimum Gasteiger partial charge on any atom is -0.381 e. The van der Waals surface area contributed by atoms with Crippen LogP contribution in [0.2, 0.25) is 0 Å². The standard InChI is InChI=1S/C21H28N4O3/c1-14-10-15(2)25(24-14)13-16-4-3-5-18(11-16)21(27)23-19(12-20(22)26)17-6-8-28-9-7-17/h3-5,10-11,17,19H,6-9,12-13H2,1-2H3,(H2,22,26)(H,23,27). The van der Waals surface area contributed by atoms with Crippen molar-refractivity contribution in [1.82, 2.24) is 15.1 Å². The van der Waals surface area contributed by atoms with Crippen LogP contribution in [-0.4, -0.2) is 40.9 Å². The minimum absolute atomic E-state index is 0.141. The highest BCUT2D eigenvalue weighted by molar-refractivity contribution is 5.94. The summed E-state index contributed by atoms with van der Waals surface area (Å²) in [6.07, 6.45) is 1.77. The van der Waals surface area contributed by atoms with Gasteiger partial charge >= 0.3 is 0 Å². The summed E-state index contributed by atoms with van der Waals surface area (Å²) in [6, 6.07) is 9.26. The number of nitrogens with two attached hydrogens (primary N) is 1. The van der Waals surface area contributed by atoms with Crippen LogP contribution in [0.5, 0.6) is 0 Å². The van der Waals surface area contributed by atoms with Crippen LogP contribution in [0.15, 0.2) is 30.3 Å². The molecule has 1 atom stereocenters. The Labute approximate surface area is 165 Å². The van der Waals surface area contributed by atoms with E-state index in [9.17, 15) is 9.59 Å². The fraction of sp³-hybridized carbons (Fsp3) is 0.476. The third-order valence-corrected chi connectivity index (χ3v) is 5.20. The van der Waals surface area contributed by atoms with E-state index < -0.39 is 5.91 Å². The van der Waals surface area contributed by atoms with Gasteiger partial charge in [0.15, 0.2) is 0 Å². The number of aromatic nitrogens is 2. The number of carbonyl (C=O) groups excluding carboxylic acids is 2. The summed E-state index contributed by atoms with van der Waals surface area (Å²) in [5, 5.41) is 7.50. The summed E-state index contributed by atoms with van der Waals surface area (Å²) < 4.78 is 7.31. The summed E-state index contributed by atoms with van der Waals surface area (Å²) in [7, 11) is 0. The molecule has 1 aliphatic rings. The van der Waals surface area contributed by atoms with Gasteiger partial charge in [0.1, 0.15) is 0 Å². The molecule has 2 heterocycles. The van der Waals surface area contributed by atoms with Crippen molar-refractivity contribution in [3.8, 4) is 0 Å². The van der Waals surface area contributed by atoms with Gasteiger partial charge in [-0.2, -0.15) is 5.10 Å². The van der Waals surface area contributed by atoms with E-state index in [-0.39, 0.29) is 24.3 Å². The molecule has 0 radical (unpaired) electrons. The zero-order chi connectivity index (χ0) is 20.1. The van der Waals surface area contributed by atoms with Crippen LogP contribution in [0, 0.1) is 19.8 Å². The normalized spacial score (nSPS) is 15.9. The third-order valence-electron chi connectivity index (χ3n) is 5.20. The van der Waals surface area contributed by atoms with Crippen molar-refractivity contribution >= 4 is 11.8 Å². The maximum Gasteiger partial charge on any atom is 0.251 e. The van der Waals surface area contributed by atoms with Gasteiger partial charge in [0.2, 0.25) is 5.91 Å². The van der Waals surface area contributed by atoms with Crippen LogP contribution >= 0.6 is 0 Å². The molecular formula is C21H28N4O3. The number of rotatable bonds is 7. The van der Waals surface area contributed by atoms with E-state index in [2.05, 4.69) is 10.4 Å². The Hall–Kier alpha value is -2.67. The van der Waals surface area contributed by atoms with Crippen LogP contribution in [0.1, 0.15) is 46.6 Å². The van der Waals surface area contributed by atoms with Crippen LogP contribution in [0.3, 0.4) is 0 Å². The molecule has 1 aliphatic heterocycles. The molecule has 3 rings (SSSR count). The maximum absolute atomic E-state index is 12.8. The van der Waals surface area contributed by atoms with Gasteiger partial charge < -0.3 is 15.8 Å². The van der Waals surface area contributed by atoms with Crippen LogP contribution in [0.25, 0.3) is 0 Å². The second kappa shape index (κ2) is 9.01. The van der Waals surface area contributed by atoms with E-state index in [1.54, 1.807) is 6.07 Å². The van der Waals surface area contributed by atoms with Gasteiger partial charge in [-0.1, -0.05) is 12.1 Å². The first kappa shape index (κ1) is 20.1. The molecule has 7 heteroatoms. The van der Waals surface area contributed by atoms with E-state index >= 15 is 0 Å². The summed E-state index contributed by atoms with van der Waals surface area (Å²) in [6.45, 7) is 5.87. The number of ether oxygens (including phenoxy) is 1. The second-order valence-electron chi connectivity index (χ2n) is 7.49. The molecule has 2 aromatic rings. The predicted molar refractivity (Wildman–Crippen MR) is 106 cm³/mol. The summed E-state index contributed by atoms with van der Waals surface area (Å²) in [5.74, 6) is -0.397. The van der Waals surface area contributed by atoms with Crippen molar-refractivity contribution in [2.24, 2.45) is 11.7 Å². The zero-order valence-electron chi connectivity index (χ0n) is 16.5. The maximum atomic E-state index is 12.8. The van der Waals surface area contributed by atoms with Gasteiger partial charge in [0, 0.05) is 36.9 Å². The fourth-order valence-electron chi connectivity index (χ4n) is 3.74. The fourth-order valence-corrected chi connectivity index (χ4v) is 3.74. The summed E-state index contributed by atoms with van der Waals surface area (Å²) >= 11 is 0. The predicted octanol–water partition coefficient (Wildman–Crippen LogP) is 1.95. The smallest absolute Gasteiger partial charge is 0.251 e. The molecule has 3 N–H and O–H groups in total. The number of primary amides is 1. The van der Waals surface area contributed by atoms with E-state index in [4.69, 9.17) is 10.5 Å². The van der Waals surface area contributed by atoms with E-state index in [1.165, 1.54) is 0 Å². The highest BCUT2D eigenvalue weighted by Gasteiger charge is 2.27. The molecule has 28 heavy (non-hydrogen) atoms. The molecule has 7 nitrogen and oxygen atoms in total. The lowest BCUT2D eigenvalue weighted by atomic mass is 9.89. The Kier molecular flexibility index (Phi) is 6.46. The molecule has 0 bridgehead atoms. The highest BCUT2D eigenvalue weighted by Crippen LogP contribution is 2.21. The van der Waals surface area contributed by atoms with Gasteiger partial charge in [-0.3, -0.25) is 14.3 Å². The zero-order valence-corrected chi connectivity index (χ0v) is 16.5. The van der Waals surface area contributed by atoms with Crippen LogP contribution in [0.4, 0.5) is 0 Å². The van der Waals surface area contributed by atoms with Crippen molar-refractivity contribution in [2.45, 2.75) is 45.7 Å². The van der Waals surface area contributed by atoms with Crippen molar-refractivity contribution in [3.05, 3.63) is 52.8 Å². The lowest BCUT2D eigenvalue weighted by Gasteiger charge is -2.30. The lowest BCUT2D eigenvalue weighted by Crippen LogP contribution is -2.44. The molecule has 1 aromatic heterocycles. The molecule has 0 spiro atoms. The van der Waals surface area contributed by atoms with Gasteiger partial charge in [-0.15, -0.1) is 0 Å². The van der Waals surface area contributed by atoms with Crippen molar-refractivity contribution < 1.29 is 14.3 Å². The summed E-state index contributed by atoms with van der Waals surface area (Å²) in [5.41, 5.74) is 9.02. The monoisotopic (exact) mass is 384 g/mol. The van der Waals surface area contributed by atoms with Crippen molar-refractivity contribution in [3.63, 3.8) is 0 Å². The number of benzene rings is 1. The first-order chi connectivity index (χ1) is 13.4. The molecular weight excluding hydrogens is 356 g/mol. The Morgan fingerprint density at radius 3 is 2.68 bits per heavy atom. The first-order valence-corrected chi connectivity index (χ1v) is 9.69. The molecule has 1 aromatic carbocycles. The number of aryl methyl sites for hydroxylation is 2. The number of amides is 2. The van der Waals surface area contributed by atoms with Crippen LogP contribution in [-0.2, 0) is 16.1 Å². The van der Waals surface area contributed by atoms with Gasteiger partial charge in [0.05, 0.1) is 12.2 Å². The molecule has 150 valence electrons. The molecule has 1 saturated heterocycles. The Morgan fingerprint density at radius 2 is 2.04 bits per heavy atom. The molecule has 0 saturated carbocycles. The van der Waals surface area contributed by atoms with Gasteiger partial charge in [0.25, 0.3) is 5.91 Å². The number of hydrogen-bond acceptors (Lipinski definition) is 4. The second-order valence-corrected chi connectivity index (χ2v) is 7.49. The molecule has 1 fully saturated rings. The average Bonchev–Trinajstić information content (AvgIpc) is 2.98. The topological polar surface area (TPSA) is 99.2 Å². The Balaban J connectivity index is 1.71. The third kappa shape index (κ3) is 5.19. The van der Waals surface area contributed by atoms with E-state index in [0.717, 1.165) is 29.8 Å². The van der Waals surface area contributed by atoms with Crippen LogP contribution < -0.4 is 11.1 Å². The Bertz CT molecular complexity index is 840.